The molecule has 0 aliphatic carbocycles. The molecule has 0 saturated carbocycles. The Bertz CT molecular complexity index is 193. The van der Waals surface area contributed by atoms with Crippen LogP contribution in [-0.2, 0) is 9.47 Å². The van der Waals surface area contributed by atoms with E-state index < -0.39 is 18.9 Å². The van der Waals surface area contributed by atoms with E-state index in [1.54, 1.807) is 6.92 Å². The summed E-state index contributed by atoms with van der Waals surface area (Å²) in [6.07, 6.45) is -2.40. The fourth-order valence-corrected chi connectivity index (χ4v) is 1.55. The molecule has 2 unspecified atom stereocenters. The molecule has 0 aromatic heterocycles. The molecule has 1 heterocycles. The number of ether oxygens (including phenoxy) is 2. The third-order valence-electron chi connectivity index (χ3n) is 2.36. The van der Waals surface area contributed by atoms with Crippen LogP contribution in [0.3, 0.4) is 0 Å². The summed E-state index contributed by atoms with van der Waals surface area (Å²) >= 11 is 0. The highest BCUT2D eigenvalue weighted by Crippen LogP contribution is 2.15. The van der Waals surface area contributed by atoms with Crippen LogP contribution in [0.15, 0.2) is 0 Å². The van der Waals surface area contributed by atoms with E-state index >= 15 is 0 Å². The summed E-state index contributed by atoms with van der Waals surface area (Å²) in [4.78, 5) is 0. The zero-order chi connectivity index (χ0) is 12.0. The van der Waals surface area contributed by atoms with Gasteiger partial charge >= 0.3 is 6.18 Å². The van der Waals surface area contributed by atoms with E-state index in [4.69, 9.17) is 4.74 Å². The zero-order valence-corrected chi connectivity index (χ0v) is 9.35. The smallest absolute Gasteiger partial charge is 0.377 e. The Morgan fingerprint density at radius 3 is 2.81 bits per heavy atom. The van der Waals surface area contributed by atoms with E-state index in [0.717, 1.165) is 19.4 Å². The molecule has 1 fully saturated rings. The van der Waals surface area contributed by atoms with Gasteiger partial charge in [0.05, 0.1) is 12.2 Å². The predicted octanol–water partition coefficient (Wildman–Crippen LogP) is 1.72. The predicted molar refractivity (Wildman–Crippen MR) is 53.3 cm³/mol. The van der Waals surface area contributed by atoms with Crippen LogP contribution in [0.1, 0.15) is 19.8 Å². The summed E-state index contributed by atoms with van der Waals surface area (Å²) in [5, 5.41) is 3.05. The van der Waals surface area contributed by atoms with E-state index in [1.165, 1.54) is 0 Å². The van der Waals surface area contributed by atoms with Crippen molar-refractivity contribution in [1.82, 2.24) is 5.32 Å². The van der Waals surface area contributed by atoms with Gasteiger partial charge in [0.15, 0.2) is 0 Å². The van der Waals surface area contributed by atoms with Crippen molar-refractivity contribution in [3.8, 4) is 0 Å². The Hall–Kier alpha value is -0.330. The van der Waals surface area contributed by atoms with Crippen molar-refractivity contribution in [3.05, 3.63) is 0 Å². The molecule has 1 aliphatic heterocycles. The molecular formula is C10H18F3NO2. The number of hydrogen-bond acceptors (Lipinski definition) is 3. The molecule has 0 spiro atoms. The van der Waals surface area contributed by atoms with Crippen molar-refractivity contribution < 1.29 is 22.6 Å². The number of rotatable bonds is 6. The Morgan fingerprint density at radius 2 is 2.25 bits per heavy atom. The first-order valence-corrected chi connectivity index (χ1v) is 5.48. The number of hydrogen-bond donors (Lipinski definition) is 1. The fourth-order valence-electron chi connectivity index (χ4n) is 1.55. The van der Waals surface area contributed by atoms with Crippen molar-refractivity contribution in [1.29, 1.82) is 0 Å². The molecule has 1 saturated heterocycles. The van der Waals surface area contributed by atoms with Crippen LogP contribution in [0.4, 0.5) is 13.2 Å². The molecule has 0 amide bonds. The second-order valence-electron chi connectivity index (χ2n) is 4.03. The Labute approximate surface area is 93.3 Å². The van der Waals surface area contributed by atoms with Gasteiger partial charge < -0.3 is 14.8 Å². The SMILES string of the molecule is CC(CNCC1CCCO1)OCC(F)(F)F. The molecule has 1 rings (SSSR count). The van der Waals surface area contributed by atoms with Crippen LogP contribution in [0.5, 0.6) is 0 Å². The maximum Gasteiger partial charge on any atom is 0.411 e. The number of alkyl halides is 3. The third-order valence-corrected chi connectivity index (χ3v) is 2.36. The van der Waals surface area contributed by atoms with Crippen LogP contribution < -0.4 is 5.32 Å². The van der Waals surface area contributed by atoms with E-state index in [1.807, 2.05) is 0 Å². The highest BCUT2D eigenvalue weighted by atomic mass is 19.4. The molecule has 16 heavy (non-hydrogen) atoms. The first-order chi connectivity index (χ1) is 7.47. The molecule has 3 nitrogen and oxygen atoms in total. The molecular weight excluding hydrogens is 223 g/mol. The first kappa shape index (κ1) is 13.7. The van der Waals surface area contributed by atoms with E-state index in [0.29, 0.717) is 13.1 Å². The Morgan fingerprint density at radius 1 is 1.50 bits per heavy atom. The Balaban J connectivity index is 1.99. The fraction of sp³-hybridized carbons (Fsp3) is 1.00. The minimum Gasteiger partial charge on any atom is -0.377 e. The van der Waals surface area contributed by atoms with Crippen LogP contribution in [-0.4, -0.2) is 44.7 Å². The molecule has 1 aliphatic rings. The van der Waals surface area contributed by atoms with Gasteiger partial charge in [-0.1, -0.05) is 0 Å². The van der Waals surface area contributed by atoms with Crippen molar-refractivity contribution in [3.63, 3.8) is 0 Å². The number of nitrogens with one attached hydrogen (secondary N) is 1. The van der Waals surface area contributed by atoms with Gasteiger partial charge in [0, 0.05) is 19.7 Å². The average molecular weight is 241 g/mol. The van der Waals surface area contributed by atoms with Crippen LogP contribution in [0.2, 0.25) is 0 Å². The lowest BCUT2D eigenvalue weighted by atomic mass is 10.2. The van der Waals surface area contributed by atoms with Gasteiger partial charge in [0.1, 0.15) is 6.61 Å². The minimum absolute atomic E-state index is 0.204. The maximum absolute atomic E-state index is 11.8. The quantitative estimate of drug-likeness (QED) is 0.768. The monoisotopic (exact) mass is 241 g/mol. The molecule has 96 valence electrons. The molecule has 0 bridgehead atoms. The second-order valence-corrected chi connectivity index (χ2v) is 4.03. The van der Waals surface area contributed by atoms with Crippen molar-refractivity contribution in [2.75, 3.05) is 26.3 Å². The molecule has 6 heteroatoms. The van der Waals surface area contributed by atoms with Gasteiger partial charge in [-0.05, 0) is 19.8 Å². The lowest BCUT2D eigenvalue weighted by molar-refractivity contribution is -0.183. The van der Waals surface area contributed by atoms with Gasteiger partial charge in [0.2, 0.25) is 0 Å². The summed E-state index contributed by atoms with van der Waals surface area (Å²) in [5.74, 6) is 0. The summed E-state index contributed by atoms with van der Waals surface area (Å²) in [6.45, 7) is 2.31. The van der Waals surface area contributed by atoms with Crippen molar-refractivity contribution in [2.45, 2.75) is 38.1 Å². The van der Waals surface area contributed by atoms with Crippen molar-refractivity contribution >= 4 is 0 Å². The first-order valence-electron chi connectivity index (χ1n) is 5.48. The summed E-state index contributed by atoms with van der Waals surface area (Å²) in [5.41, 5.74) is 0. The van der Waals surface area contributed by atoms with Gasteiger partial charge in [-0.15, -0.1) is 0 Å². The van der Waals surface area contributed by atoms with Gasteiger partial charge in [-0.25, -0.2) is 0 Å². The molecule has 0 radical (unpaired) electrons. The maximum atomic E-state index is 11.8. The molecule has 0 aromatic carbocycles. The third kappa shape index (κ3) is 6.30. The minimum atomic E-state index is -4.25. The second kappa shape index (κ2) is 6.42. The van der Waals surface area contributed by atoms with Crippen LogP contribution >= 0.6 is 0 Å². The largest absolute Gasteiger partial charge is 0.411 e. The van der Waals surface area contributed by atoms with Gasteiger partial charge in [-0.2, -0.15) is 13.2 Å². The van der Waals surface area contributed by atoms with Gasteiger partial charge in [0.25, 0.3) is 0 Å². The van der Waals surface area contributed by atoms with Crippen LogP contribution in [0, 0.1) is 0 Å². The molecule has 0 aromatic rings. The van der Waals surface area contributed by atoms with Crippen molar-refractivity contribution in [2.24, 2.45) is 0 Å². The summed E-state index contributed by atoms with van der Waals surface area (Å²) in [7, 11) is 0. The highest BCUT2D eigenvalue weighted by Gasteiger charge is 2.28. The van der Waals surface area contributed by atoms with Crippen LogP contribution in [0.25, 0.3) is 0 Å². The van der Waals surface area contributed by atoms with E-state index in [9.17, 15) is 13.2 Å². The van der Waals surface area contributed by atoms with E-state index in [2.05, 4.69) is 10.1 Å². The normalized spacial score (nSPS) is 23.6. The standard InChI is InChI=1S/C10H18F3NO2/c1-8(16-7-10(11,12)13)5-14-6-9-3-2-4-15-9/h8-9,14H,2-7H2,1H3. The van der Waals surface area contributed by atoms with Gasteiger partial charge in [-0.3, -0.25) is 0 Å². The molecule has 2 atom stereocenters. The topological polar surface area (TPSA) is 30.5 Å². The zero-order valence-electron chi connectivity index (χ0n) is 9.35. The highest BCUT2D eigenvalue weighted by molar-refractivity contribution is 4.68. The summed E-state index contributed by atoms with van der Waals surface area (Å²) in [6, 6.07) is 0. The summed E-state index contributed by atoms with van der Waals surface area (Å²) < 4.78 is 45.5. The Kier molecular flexibility index (Phi) is 5.51. The number of halogens is 3. The lowest BCUT2D eigenvalue weighted by Crippen LogP contribution is -2.34. The lowest BCUT2D eigenvalue weighted by Gasteiger charge is -2.16. The van der Waals surface area contributed by atoms with E-state index in [-0.39, 0.29) is 6.10 Å². The average Bonchev–Trinajstić information content (AvgIpc) is 2.66. The molecule has 1 N–H and O–H groups in total.